The van der Waals surface area contributed by atoms with Crippen molar-refractivity contribution in [2.75, 3.05) is 19.7 Å². The molecule has 1 aromatic heterocycles. The summed E-state index contributed by atoms with van der Waals surface area (Å²) in [4.78, 5) is 17.4. The molecule has 1 heterocycles. The number of pyridine rings is 1. The summed E-state index contributed by atoms with van der Waals surface area (Å²) < 4.78 is 1.34. The highest BCUT2D eigenvalue weighted by Gasteiger charge is 2.03. The molecule has 0 aliphatic carbocycles. The van der Waals surface area contributed by atoms with E-state index in [2.05, 4.69) is 5.32 Å². The van der Waals surface area contributed by atoms with Gasteiger partial charge in [-0.15, -0.1) is 4.73 Å². The lowest BCUT2D eigenvalue weighted by molar-refractivity contribution is 0.109. The molecule has 2 aromatic rings. The third kappa shape index (κ3) is 3.82. The molecule has 0 saturated carbocycles. The zero-order valence-electron chi connectivity index (χ0n) is 11.6. The summed E-state index contributed by atoms with van der Waals surface area (Å²) in [5.74, 6) is 0. The van der Waals surface area contributed by atoms with Gasteiger partial charge in [0.05, 0.1) is 11.6 Å². The normalized spacial score (nSPS) is 12.5. The zero-order chi connectivity index (χ0) is 14.4. The minimum Gasteiger partial charge on any atom is -0.410 e. The van der Waals surface area contributed by atoms with Crippen LogP contribution in [0.15, 0.2) is 41.2 Å². The van der Waals surface area contributed by atoms with Crippen LogP contribution in [0.4, 0.5) is 0 Å². The summed E-state index contributed by atoms with van der Waals surface area (Å²) in [7, 11) is 0. The predicted octanol–water partition coefficient (Wildman–Crippen LogP) is 0.791. The monoisotopic (exact) mass is 276 g/mol. The second-order valence-corrected chi connectivity index (χ2v) is 4.76. The van der Waals surface area contributed by atoms with Crippen LogP contribution in [0.3, 0.4) is 0 Å². The van der Waals surface area contributed by atoms with E-state index in [1.165, 1.54) is 10.8 Å². The predicted molar refractivity (Wildman–Crippen MR) is 78.8 cm³/mol. The number of nitrogens with one attached hydrogen (secondary N) is 1. The Labute approximate surface area is 117 Å². The summed E-state index contributed by atoms with van der Waals surface area (Å²) in [6.45, 7) is 3.48. The molecule has 0 aliphatic rings. The first-order chi connectivity index (χ1) is 9.68. The van der Waals surface area contributed by atoms with E-state index < -0.39 is 0 Å². The van der Waals surface area contributed by atoms with E-state index in [1.54, 1.807) is 13.0 Å². The number of nitrogens with zero attached hydrogens (tertiary/aromatic N) is 1. The molecule has 0 aliphatic heterocycles. The van der Waals surface area contributed by atoms with Crippen LogP contribution >= 0.6 is 0 Å². The summed E-state index contributed by atoms with van der Waals surface area (Å²) in [6.07, 6.45) is 0.416. The number of hydrogen-bond donors (Lipinski definition) is 2. The average molecular weight is 276 g/mol. The summed E-state index contributed by atoms with van der Waals surface area (Å²) in [5.41, 5.74) is 0.609. The molecule has 0 fully saturated rings. The van der Waals surface area contributed by atoms with Gasteiger partial charge in [0.2, 0.25) is 0 Å². The van der Waals surface area contributed by atoms with E-state index in [9.17, 15) is 4.79 Å². The third-order valence-electron chi connectivity index (χ3n) is 2.92. The number of aliphatic hydroxyl groups is 1. The van der Waals surface area contributed by atoms with Crippen molar-refractivity contribution in [1.82, 2.24) is 10.0 Å². The molecule has 108 valence electrons. The lowest BCUT2D eigenvalue weighted by atomic mass is 10.2. The lowest BCUT2D eigenvalue weighted by Crippen LogP contribution is -2.30. The highest BCUT2D eigenvalue weighted by Crippen LogP contribution is 2.09. The molecular weight excluding hydrogens is 256 g/mol. The van der Waals surface area contributed by atoms with Gasteiger partial charge >= 0.3 is 0 Å². The second kappa shape index (κ2) is 7.07. The molecule has 0 radical (unpaired) electrons. The number of rotatable bonds is 7. The fourth-order valence-corrected chi connectivity index (χ4v) is 1.96. The molecular formula is C15H20N2O3. The first kappa shape index (κ1) is 14.6. The number of aliphatic hydroxyl groups excluding tert-OH is 1. The minimum atomic E-state index is -0.350. The highest BCUT2D eigenvalue weighted by atomic mass is 16.7. The van der Waals surface area contributed by atoms with Crippen LogP contribution in [0.5, 0.6) is 0 Å². The quantitative estimate of drug-likeness (QED) is 0.734. The van der Waals surface area contributed by atoms with Gasteiger partial charge < -0.3 is 15.3 Å². The van der Waals surface area contributed by atoms with E-state index in [0.717, 1.165) is 23.9 Å². The molecule has 0 amide bonds. The van der Waals surface area contributed by atoms with Crippen LogP contribution in [-0.4, -0.2) is 35.6 Å². The maximum absolute atomic E-state index is 11.8. The van der Waals surface area contributed by atoms with E-state index in [-0.39, 0.29) is 11.7 Å². The molecule has 2 rings (SSSR count). The standard InChI is InChI=1S/C15H20N2O3/c1-12(18)11-16-9-4-10-20-17-14-6-3-2-5-13(14)7-8-15(17)19/h2-3,5-8,12,16,18H,4,9-11H2,1H3. The van der Waals surface area contributed by atoms with Gasteiger partial charge in [0.15, 0.2) is 0 Å². The molecule has 5 nitrogen and oxygen atoms in total. The Kier molecular flexibility index (Phi) is 5.15. The van der Waals surface area contributed by atoms with Crippen molar-refractivity contribution in [3.05, 3.63) is 46.8 Å². The van der Waals surface area contributed by atoms with Crippen LogP contribution in [0, 0.1) is 0 Å². The van der Waals surface area contributed by atoms with Crippen molar-refractivity contribution in [2.45, 2.75) is 19.4 Å². The van der Waals surface area contributed by atoms with Gasteiger partial charge in [-0.05, 0) is 32.0 Å². The van der Waals surface area contributed by atoms with Gasteiger partial charge in [-0.3, -0.25) is 4.79 Å². The molecule has 0 bridgehead atoms. The fraction of sp³-hybridized carbons (Fsp3) is 0.400. The Morgan fingerprint density at radius 3 is 2.90 bits per heavy atom. The summed E-state index contributed by atoms with van der Waals surface area (Å²) in [5, 5.41) is 13.2. The minimum absolute atomic E-state index is 0.166. The number of aromatic nitrogens is 1. The molecule has 1 unspecified atom stereocenters. The van der Waals surface area contributed by atoms with Crippen molar-refractivity contribution in [3.8, 4) is 0 Å². The molecule has 20 heavy (non-hydrogen) atoms. The van der Waals surface area contributed by atoms with Crippen molar-refractivity contribution in [2.24, 2.45) is 0 Å². The van der Waals surface area contributed by atoms with Crippen molar-refractivity contribution in [3.63, 3.8) is 0 Å². The number of benzene rings is 1. The Morgan fingerprint density at radius 2 is 2.10 bits per heavy atom. The molecule has 2 N–H and O–H groups in total. The van der Waals surface area contributed by atoms with Gasteiger partial charge in [0.1, 0.15) is 6.61 Å². The van der Waals surface area contributed by atoms with Gasteiger partial charge in [-0.1, -0.05) is 18.2 Å². The Balaban J connectivity index is 1.93. The summed E-state index contributed by atoms with van der Waals surface area (Å²) >= 11 is 0. The largest absolute Gasteiger partial charge is 0.410 e. The third-order valence-corrected chi connectivity index (χ3v) is 2.92. The van der Waals surface area contributed by atoms with Crippen LogP contribution in [0.25, 0.3) is 10.9 Å². The molecule has 5 heteroatoms. The van der Waals surface area contributed by atoms with Crippen LogP contribution in [0.1, 0.15) is 13.3 Å². The molecule has 0 saturated heterocycles. The Morgan fingerprint density at radius 1 is 1.30 bits per heavy atom. The average Bonchev–Trinajstić information content (AvgIpc) is 2.44. The van der Waals surface area contributed by atoms with E-state index in [1.807, 2.05) is 24.3 Å². The second-order valence-electron chi connectivity index (χ2n) is 4.76. The maximum atomic E-state index is 11.8. The number of para-hydroxylation sites is 1. The van der Waals surface area contributed by atoms with Gasteiger partial charge in [0, 0.05) is 18.0 Å². The topological polar surface area (TPSA) is 63.5 Å². The molecule has 1 aromatic carbocycles. The summed E-state index contributed by atoms with van der Waals surface area (Å²) in [6, 6.07) is 10.9. The Bertz CT molecular complexity index is 607. The van der Waals surface area contributed by atoms with Gasteiger partial charge in [-0.25, -0.2) is 0 Å². The van der Waals surface area contributed by atoms with Crippen molar-refractivity contribution < 1.29 is 9.94 Å². The molecule has 1 atom stereocenters. The first-order valence-electron chi connectivity index (χ1n) is 6.81. The van der Waals surface area contributed by atoms with E-state index in [4.69, 9.17) is 9.94 Å². The van der Waals surface area contributed by atoms with Gasteiger partial charge in [-0.2, -0.15) is 0 Å². The SMILES string of the molecule is CC(O)CNCCCOn1c(=O)ccc2ccccc21. The zero-order valence-corrected chi connectivity index (χ0v) is 11.6. The van der Waals surface area contributed by atoms with Crippen LogP contribution in [0.2, 0.25) is 0 Å². The van der Waals surface area contributed by atoms with E-state index >= 15 is 0 Å². The van der Waals surface area contributed by atoms with Crippen LogP contribution in [-0.2, 0) is 0 Å². The number of hydrogen-bond acceptors (Lipinski definition) is 4. The smallest absolute Gasteiger partial charge is 0.283 e. The number of fused-ring (bicyclic) bond motifs is 1. The maximum Gasteiger partial charge on any atom is 0.283 e. The lowest BCUT2D eigenvalue weighted by Gasteiger charge is -2.12. The van der Waals surface area contributed by atoms with Gasteiger partial charge in [0.25, 0.3) is 5.56 Å². The fourth-order valence-electron chi connectivity index (χ4n) is 1.96. The molecule has 0 spiro atoms. The van der Waals surface area contributed by atoms with Crippen LogP contribution < -0.4 is 15.7 Å². The van der Waals surface area contributed by atoms with Crippen molar-refractivity contribution in [1.29, 1.82) is 0 Å². The highest BCUT2D eigenvalue weighted by molar-refractivity contribution is 5.78. The van der Waals surface area contributed by atoms with E-state index in [0.29, 0.717) is 13.2 Å². The Hall–Kier alpha value is -1.85. The van der Waals surface area contributed by atoms with Crippen molar-refractivity contribution >= 4 is 10.9 Å². The first-order valence-corrected chi connectivity index (χ1v) is 6.81.